The third-order valence-electron chi connectivity index (χ3n) is 6.13. The van der Waals surface area contributed by atoms with Crippen molar-refractivity contribution in [3.63, 3.8) is 0 Å². The highest BCUT2D eigenvalue weighted by atomic mass is 79.9. The number of esters is 1. The van der Waals surface area contributed by atoms with Gasteiger partial charge in [0, 0.05) is 21.5 Å². The van der Waals surface area contributed by atoms with Gasteiger partial charge in [-0.25, -0.2) is 4.79 Å². The molecule has 0 atom stereocenters. The van der Waals surface area contributed by atoms with Gasteiger partial charge in [0.05, 0.1) is 12.7 Å². The van der Waals surface area contributed by atoms with Gasteiger partial charge >= 0.3 is 5.97 Å². The van der Waals surface area contributed by atoms with Crippen LogP contribution in [-0.4, -0.2) is 18.9 Å². The first-order valence-electron chi connectivity index (χ1n) is 11.7. The Kier molecular flexibility index (Phi) is 6.05. The molecule has 7 heteroatoms. The van der Waals surface area contributed by atoms with E-state index in [0.29, 0.717) is 33.8 Å². The van der Waals surface area contributed by atoms with E-state index in [4.69, 9.17) is 18.6 Å². The van der Waals surface area contributed by atoms with Crippen molar-refractivity contribution in [2.75, 3.05) is 7.11 Å². The number of carbonyl (C=O) groups excluding carboxylic acids is 2. The summed E-state index contributed by atoms with van der Waals surface area (Å²) in [6.07, 6.45) is 1.68. The first-order valence-corrected chi connectivity index (χ1v) is 12.5. The number of Topliss-reactive ketones (excluding diaryl/α,β-unsaturated/α-hetero) is 1. The van der Waals surface area contributed by atoms with E-state index in [1.807, 2.05) is 54.6 Å². The van der Waals surface area contributed by atoms with Crippen LogP contribution in [-0.2, 0) is 0 Å². The third kappa shape index (κ3) is 4.37. The number of carbonyl (C=O) groups is 2. The maximum Gasteiger partial charge on any atom is 0.348 e. The minimum absolute atomic E-state index is 0.195. The molecule has 0 bridgehead atoms. The Bertz CT molecular complexity index is 1750. The minimum atomic E-state index is -0.606. The molecule has 1 aliphatic heterocycles. The predicted octanol–water partition coefficient (Wildman–Crippen LogP) is 7.71. The van der Waals surface area contributed by atoms with Crippen LogP contribution < -0.4 is 14.2 Å². The normalized spacial score (nSPS) is 13.4. The molecule has 0 aliphatic carbocycles. The molecular weight excluding hydrogens is 548 g/mol. The van der Waals surface area contributed by atoms with Crippen molar-refractivity contribution in [3.8, 4) is 28.6 Å². The molecule has 4 aromatic carbocycles. The maximum absolute atomic E-state index is 13.5. The lowest BCUT2D eigenvalue weighted by atomic mass is 10.1. The molecule has 2 heterocycles. The van der Waals surface area contributed by atoms with Gasteiger partial charge in [0.25, 0.3) is 0 Å². The molecule has 1 aromatic heterocycles. The molecule has 0 spiro atoms. The van der Waals surface area contributed by atoms with Crippen LogP contribution >= 0.6 is 15.9 Å². The van der Waals surface area contributed by atoms with Crippen LogP contribution in [0, 0.1) is 0 Å². The standard InChI is InChI=1S/C31H19BrO6/c1-35-21-11-13-25-24(16-21)28(30(38-25)19-7-3-2-4-8-19)31(34)36-22-10-12-23-26(17-22)37-27(29(23)33)15-18-6-5-9-20(32)14-18/h2-17H,1H3. The van der Waals surface area contributed by atoms with Gasteiger partial charge in [-0.05, 0) is 54.1 Å². The summed E-state index contributed by atoms with van der Waals surface area (Å²) in [6.45, 7) is 0. The molecule has 0 radical (unpaired) electrons. The summed E-state index contributed by atoms with van der Waals surface area (Å²) in [5, 5.41) is 0.569. The summed E-state index contributed by atoms with van der Waals surface area (Å²) in [5.74, 6) is 0.889. The SMILES string of the molecule is COc1ccc2oc(-c3ccccc3)c(C(=O)Oc3ccc4c(c3)OC(=Cc3cccc(Br)c3)C4=O)c2c1. The van der Waals surface area contributed by atoms with Crippen molar-refractivity contribution in [1.29, 1.82) is 0 Å². The number of hydrogen-bond acceptors (Lipinski definition) is 6. The van der Waals surface area contributed by atoms with Crippen LogP contribution in [0.1, 0.15) is 26.3 Å². The molecule has 1 aliphatic rings. The number of ketones is 1. The first kappa shape index (κ1) is 23.8. The number of rotatable bonds is 5. The van der Waals surface area contributed by atoms with Crippen LogP contribution in [0.5, 0.6) is 17.2 Å². The van der Waals surface area contributed by atoms with E-state index in [1.54, 1.807) is 43.5 Å². The van der Waals surface area contributed by atoms with Crippen molar-refractivity contribution in [1.82, 2.24) is 0 Å². The first-order chi connectivity index (χ1) is 18.5. The third-order valence-corrected chi connectivity index (χ3v) is 6.63. The number of furan rings is 1. The van der Waals surface area contributed by atoms with Gasteiger partial charge in [-0.1, -0.05) is 58.4 Å². The lowest BCUT2D eigenvalue weighted by Crippen LogP contribution is -2.09. The summed E-state index contributed by atoms with van der Waals surface area (Å²) in [5.41, 5.74) is 2.76. The average molecular weight is 567 g/mol. The Labute approximate surface area is 226 Å². The number of ether oxygens (including phenoxy) is 3. The summed E-state index contributed by atoms with van der Waals surface area (Å²) >= 11 is 3.43. The molecule has 0 saturated carbocycles. The number of benzene rings is 4. The largest absolute Gasteiger partial charge is 0.497 e. The number of hydrogen-bond donors (Lipinski definition) is 0. The van der Waals surface area contributed by atoms with Gasteiger partial charge in [-0.15, -0.1) is 0 Å². The molecule has 5 aromatic rings. The van der Waals surface area contributed by atoms with E-state index in [-0.39, 0.29) is 22.9 Å². The Morgan fingerprint density at radius 1 is 0.895 bits per heavy atom. The molecule has 6 rings (SSSR count). The second-order valence-electron chi connectivity index (χ2n) is 8.58. The fraction of sp³-hybridized carbons (Fsp3) is 0.0323. The lowest BCUT2D eigenvalue weighted by Gasteiger charge is -2.07. The molecule has 0 N–H and O–H groups in total. The number of allylic oxidation sites excluding steroid dienone is 1. The van der Waals surface area contributed by atoms with E-state index < -0.39 is 5.97 Å². The van der Waals surface area contributed by atoms with Crippen LogP contribution in [0.2, 0.25) is 0 Å². The molecule has 38 heavy (non-hydrogen) atoms. The van der Waals surface area contributed by atoms with Crippen molar-refractivity contribution < 1.29 is 28.2 Å². The highest BCUT2D eigenvalue weighted by molar-refractivity contribution is 9.10. The van der Waals surface area contributed by atoms with Gasteiger partial charge in [-0.2, -0.15) is 0 Å². The molecule has 6 nitrogen and oxygen atoms in total. The van der Waals surface area contributed by atoms with Gasteiger partial charge < -0.3 is 18.6 Å². The van der Waals surface area contributed by atoms with Crippen molar-refractivity contribution >= 4 is 44.7 Å². The number of halogens is 1. The quantitative estimate of drug-likeness (QED) is 0.123. The summed E-state index contributed by atoms with van der Waals surface area (Å²) < 4.78 is 23.9. The molecular formula is C31H19BrO6. The maximum atomic E-state index is 13.5. The van der Waals surface area contributed by atoms with Crippen LogP contribution in [0.15, 0.2) is 106 Å². The zero-order valence-electron chi connectivity index (χ0n) is 20.1. The summed E-state index contributed by atoms with van der Waals surface area (Å²) in [6, 6.07) is 26.8. The second kappa shape index (κ2) is 9.68. The van der Waals surface area contributed by atoms with E-state index in [2.05, 4.69) is 15.9 Å². The van der Waals surface area contributed by atoms with Crippen molar-refractivity contribution in [2.24, 2.45) is 0 Å². The molecule has 0 unspecified atom stereocenters. The molecule has 186 valence electrons. The van der Waals surface area contributed by atoms with Gasteiger partial charge in [0.15, 0.2) is 5.76 Å². The zero-order chi connectivity index (χ0) is 26.2. The van der Waals surface area contributed by atoms with E-state index in [0.717, 1.165) is 15.6 Å². The predicted molar refractivity (Wildman–Crippen MR) is 147 cm³/mol. The topological polar surface area (TPSA) is 75.0 Å². The Morgan fingerprint density at radius 2 is 1.71 bits per heavy atom. The smallest absolute Gasteiger partial charge is 0.348 e. The Hall–Kier alpha value is -4.62. The van der Waals surface area contributed by atoms with E-state index in [1.165, 1.54) is 6.07 Å². The van der Waals surface area contributed by atoms with Crippen LogP contribution in [0.3, 0.4) is 0 Å². The van der Waals surface area contributed by atoms with Gasteiger partial charge in [0.1, 0.15) is 34.2 Å². The monoisotopic (exact) mass is 566 g/mol. The second-order valence-corrected chi connectivity index (χ2v) is 9.49. The highest BCUT2D eigenvalue weighted by Crippen LogP contribution is 2.38. The van der Waals surface area contributed by atoms with Gasteiger partial charge in [0.2, 0.25) is 5.78 Å². The van der Waals surface area contributed by atoms with E-state index >= 15 is 0 Å². The molecule has 0 fully saturated rings. The average Bonchev–Trinajstić information content (AvgIpc) is 3.46. The van der Waals surface area contributed by atoms with E-state index in [9.17, 15) is 9.59 Å². The van der Waals surface area contributed by atoms with Crippen LogP contribution in [0.4, 0.5) is 0 Å². The number of methoxy groups -OCH3 is 1. The Morgan fingerprint density at radius 3 is 2.50 bits per heavy atom. The highest BCUT2D eigenvalue weighted by Gasteiger charge is 2.29. The fourth-order valence-corrected chi connectivity index (χ4v) is 4.75. The summed E-state index contributed by atoms with van der Waals surface area (Å²) in [4.78, 5) is 26.4. The van der Waals surface area contributed by atoms with Gasteiger partial charge in [-0.3, -0.25) is 4.79 Å². The lowest BCUT2D eigenvalue weighted by molar-refractivity contribution is 0.0736. The zero-order valence-corrected chi connectivity index (χ0v) is 21.7. The minimum Gasteiger partial charge on any atom is -0.497 e. The van der Waals surface area contributed by atoms with Crippen molar-refractivity contribution in [3.05, 3.63) is 118 Å². The van der Waals surface area contributed by atoms with Crippen LogP contribution in [0.25, 0.3) is 28.4 Å². The molecule has 0 amide bonds. The van der Waals surface area contributed by atoms with Crippen molar-refractivity contribution in [2.45, 2.75) is 0 Å². The summed E-state index contributed by atoms with van der Waals surface area (Å²) in [7, 11) is 1.56. The molecule has 0 saturated heterocycles. The number of fused-ring (bicyclic) bond motifs is 2. The fourth-order valence-electron chi connectivity index (χ4n) is 4.34. The Balaban J connectivity index is 1.34.